The molecule has 4 rings (SSSR count). The third-order valence-corrected chi connectivity index (χ3v) is 5.12. The highest BCUT2D eigenvalue weighted by Gasteiger charge is 2.27. The van der Waals surface area contributed by atoms with Gasteiger partial charge in [-0.05, 0) is 18.6 Å². The molecule has 0 saturated carbocycles. The first-order valence-electron chi connectivity index (χ1n) is 9.14. The minimum absolute atomic E-state index is 0.0437. The van der Waals surface area contributed by atoms with Gasteiger partial charge in [-0.3, -0.25) is 14.7 Å². The van der Waals surface area contributed by atoms with E-state index < -0.39 is 0 Å². The summed E-state index contributed by atoms with van der Waals surface area (Å²) in [5.41, 5.74) is 3.14. The summed E-state index contributed by atoms with van der Waals surface area (Å²) in [5, 5.41) is 11.9. The number of morpholine rings is 1. The average molecular weight is 362 g/mol. The number of Topliss-reactive ketones (excluding diaryl/α,β-unsaturated/α-hetero) is 1. The van der Waals surface area contributed by atoms with E-state index in [9.17, 15) is 9.90 Å². The molecule has 0 bridgehead atoms. The Morgan fingerprint density at radius 3 is 2.56 bits per heavy atom. The van der Waals surface area contributed by atoms with Crippen molar-refractivity contribution >= 4 is 16.7 Å². The van der Waals surface area contributed by atoms with Crippen LogP contribution in [-0.2, 0) is 4.74 Å². The number of nitrogens with zero attached hydrogens (tertiary/aromatic N) is 2. The van der Waals surface area contributed by atoms with Crippen LogP contribution in [0, 0.1) is 0 Å². The van der Waals surface area contributed by atoms with Crippen LogP contribution in [0.1, 0.15) is 34.5 Å². The van der Waals surface area contributed by atoms with Gasteiger partial charge in [0.15, 0.2) is 5.78 Å². The normalized spacial score (nSPS) is 16.3. The number of fused-ring (bicyclic) bond motifs is 1. The lowest BCUT2D eigenvalue weighted by Crippen LogP contribution is -2.39. The van der Waals surface area contributed by atoms with Crippen molar-refractivity contribution < 1.29 is 14.6 Å². The number of carbonyl (C=O) groups is 1. The highest BCUT2D eigenvalue weighted by molar-refractivity contribution is 5.94. The van der Waals surface area contributed by atoms with E-state index in [1.54, 1.807) is 13.1 Å². The maximum atomic E-state index is 11.6. The summed E-state index contributed by atoms with van der Waals surface area (Å²) in [5.74, 6) is 0.252. The van der Waals surface area contributed by atoms with Gasteiger partial charge in [0.2, 0.25) is 0 Å². The Morgan fingerprint density at radius 1 is 1.11 bits per heavy atom. The van der Waals surface area contributed by atoms with Crippen LogP contribution in [0.15, 0.2) is 54.7 Å². The van der Waals surface area contributed by atoms with Crippen molar-refractivity contribution in [3.63, 3.8) is 0 Å². The molecule has 0 spiro atoms. The van der Waals surface area contributed by atoms with Crippen molar-refractivity contribution in [3.8, 4) is 5.75 Å². The van der Waals surface area contributed by atoms with Crippen molar-refractivity contribution in [2.24, 2.45) is 0 Å². The smallest absolute Gasteiger partial charge is 0.159 e. The summed E-state index contributed by atoms with van der Waals surface area (Å²) >= 11 is 0. The van der Waals surface area contributed by atoms with Crippen molar-refractivity contribution in [3.05, 3.63) is 71.4 Å². The third kappa shape index (κ3) is 3.44. The first-order chi connectivity index (χ1) is 13.1. The minimum atomic E-state index is -0.124. The van der Waals surface area contributed by atoms with Gasteiger partial charge in [0.25, 0.3) is 0 Å². The zero-order chi connectivity index (χ0) is 18.8. The van der Waals surface area contributed by atoms with Gasteiger partial charge in [-0.15, -0.1) is 0 Å². The van der Waals surface area contributed by atoms with E-state index in [-0.39, 0.29) is 17.6 Å². The maximum Gasteiger partial charge on any atom is 0.159 e. The van der Waals surface area contributed by atoms with Crippen LogP contribution in [0.3, 0.4) is 0 Å². The second kappa shape index (κ2) is 7.47. The lowest BCUT2D eigenvalue weighted by atomic mass is 9.93. The highest BCUT2D eigenvalue weighted by atomic mass is 16.5. The van der Waals surface area contributed by atoms with Crippen LogP contribution in [0.5, 0.6) is 5.75 Å². The molecular weight excluding hydrogens is 340 g/mol. The maximum absolute atomic E-state index is 11.6. The van der Waals surface area contributed by atoms with E-state index in [4.69, 9.17) is 4.74 Å². The number of ketones is 1. The van der Waals surface area contributed by atoms with Crippen molar-refractivity contribution in [1.82, 2.24) is 9.88 Å². The Morgan fingerprint density at radius 2 is 1.85 bits per heavy atom. The summed E-state index contributed by atoms with van der Waals surface area (Å²) in [4.78, 5) is 18.3. The van der Waals surface area contributed by atoms with Gasteiger partial charge in [-0.25, -0.2) is 0 Å². The number of hydrogen-bond acceptors (Lipinski definition) is 5. The molecule has 1 aromatic heterocycles. The van der Waals surface area contributed by atoms with Gasteiger partial charge in [0, 0.05) is 35.8 Å². The molecule has 138 valence electrons. The summed E-state index contributed by atoms with van der Waals surface area (Å²) in [6, 6.07) is 15.3. The van der Waals surface area contributed by atoms with Gasteiger partial charge in [-0.1, -0.05) is 42.5 Å². The van der Waals surface area contributed by atoms with E-state index >= 15 is 0 Å². The Balaban J connectivity index is 1.83. The monoisotopic (exact) mass is 362 g/mol. The number of hydrogen-bond donors (Lipinski definition) is 1. The molecule has 27 heavy (non-hydrogen) atoms. The molecule has 3 aromatic rings. The van der Waals surface area contributed by atoms with Crippen molar-refractivity contribution in [2.45, 2.75) is 13.0 Å². The number of rotatable bonds is 4. The number of phenols is 1. The van der Waals surface area contributed by atoms with Gasteiger partial charge in [0.05, 0.1) is 19.3 Å². The summed E-state index contributed by atoms with van der Waals surface area (Å²) in [7, 11) is 0. The molecule has 0 amide bonds. The molecule has 1 unspecified atom stereocenters. The minimum Gasteiger partial charge on any atom is -0.505 e. The number of carbonyl (C=O) groups excluding carboxylic acids is 1. The Bertz CT molecular complexity index is 963. The van der Waals surface area contributed by atoms with Crippen LogP contribution in [-0.4, -0.2) is 47.1 Å². The molecule has 1 atom stereocenters. The molecule has 1 N–H and O–H groups in total. The number of ether oxygens (including phenoxy) is 1. The molecule has 2 aromatic carbocycles. The second-order valence-electron chi connectivity index (χ2n) is 6.81. The predicted molar refractivity (Wildman–Crippen MR) is 104 cm³/mol. The lowest BCUT2D eigenvalue weighted by molar-refractivity contribution is 0.0236. The Kier molecular flexibility index (Phi) is 4.88. The molecule has 1 saturated heterocycles. The zero-order valence-electron chi connectivity index (χ0n) is 15.3. The summed E-state index contributed by atoms with van der Waals surface area (Å²) in [6.45, 7) is 4.44. The van der Waals surface area contributed by atoms with E-state index in [0.29, 0.717) is 24.3 Å². The predicted octanol–water partition coefficient (Wildman–Crippen LogP) is 3.56. The Labute approximate surface area is 158 Å². The molecule has 0 radical (unpaired) electrons. The summed E-state index contributed by atoms with van der Waals surface area (Å²) < 4.78 is 5.51. The van der Waals surface area contributed by atoms with E-state index in [2.05, 4.69) is 9.88 Å². The van der Waals surface area contributed by atoms with Crippen LogP contribution in [0.2, 0.25) is 0 Å². The number of pyridine rings is 1. The fourth-order valence-electron chi connectivity index (χ4n) is 3.69. The van der Waals surface area contributed by atoms with Crippen LogP contribution in [0.4, 0.5) is 0 Å². The van der Waals surface area contributed by atoms with Crippen LogP contribution < -0.4 is 0 Å². The molecule has 1 aliphatic heterocycles. The molecule has 1 fully saturated rings. The molecule has 5 nitrogen and oxygen atoms in total. The van der Waals surface area contributed by atoms with Gasteiger partial charge in [0.1, 0.15) is 11.3 Å². The van der Waals surface area contributed by atoms with Crippen molar-refractivity contribution in [1.29, 1.82) is 0 Å². The number of aromatic nitrogens is 1. The van der Waals surface area contributed by atoms with E-state index in [1.165, 1.54) is 0 Å². The van der Waals surface area contributed by atoms with Gasteiger partial charge < -0.3 is 9.84 Å². The molecule has 5 heteroatoms. The number of benzene rings is 2. The number of aromatic hydroxyl groups is 1. The van der Waals surface area contributed by atoms with E-state index in [0.717, 1.165) is 29.6 Å². The second-order valence-corrected chi connectivity index (χ2v) is 6.81. The first kappa shape index (κ1) is 17.6. The lowest BCUT2D eigenvalue weighted by Gasteiger charge is -2.35. The van der Waals surface area contributed by atoms with Gasteiger partial charge in [-0.2, -0.15) is 0 Å². The summed E-state index contributed by atoms with van der Waals surface area (Å²) in [6.07, 6.45) is 1.69. The molecule has 0 aliphatic carbocycles. The Hall–Kier alpha value is -2.76. The molecule has 2 heterocycles. The standard InChI is InChI=1S/C22H22N2O3/c1-15(25)16-4-6-18(7-5-16)21(24-11-13-27-14-12-24)19-9-8-17-3-2-10-23-20(17)22(19)26/h2-10,21,26H,11-14H2,1H3. The quantitative estimate of drug-likeness (QED) is 0.719. The SMILES string of the molecule is CC(=O)c1ccc(C(c2ccc3cccnc3c2O)N2CCOCC2)cc1. The van der Waals surface area contributed by atoms with Gasteiger partial charge >= 0.3 is 0 Å². The highest BCUT2D eigenvalue weighted by Crippen LogP contribution is 2.38. The number of phenolic OH excluding ortho intramolecular Hbond substituents is 1. The zero-order valence-corrected chi connectivity index (χ0v) is 15.3. The van der Waals surface area contributed by atoms with E-state index in [1.807, 2.05) is 48.5 Å². The largest absolute Gasteiger partial charge is 0.505 e. The van der Waals surface area contributed by atoms with Crippen molar-refractivity contribution in [2.75, 3.05) is 26.3 Å². The molecule has 1 aliphatic rings. The third-order valence-electron chi connectivity index (χ3n) is 5.12. The van der Waals surface area contributed by atoms with Crippen LogP contribution >= 0.6 is 0 Å². The average Bonchev–Trinajstić information content (AvgIpc) is 2.71. The molecular formula is C22H22N2O3. The fourth-order valence-corrected chi connectivity index (χ4v) is 3.69. The topological polar surface area (TPSA) is 62.7 Å². The fraction of sp³-hybridized carbons (Fsp3) is 0.273. The van der Waals surface area contributed by atoms with Crippen LogP contribution in [0.25, 0.3) is 10.9 Å². The first-order valence-corrected chi connectivity index (χ1v) is 9.14.